The molecule has 1 aliphatic carbocycles. The maximum atomic E-state index is 2.72. The van der Waals surface area contributed by atoms with Crippen LogP contribution in [0.1, 0.15) is 198 Å². The molecule has 12 aromatic rings. The van der Waals surface area contributed by atoms with Crippen LogP contribution < -0.4 is 9.80 Å². The summed E-state index contributed by atoms with van der Waals surface area (Å²) < 4.78 is 0. The lowest BCUT2D eigenvalue weighted by molar-refractivity contribution is 0.349. The third kappa shape index (κ3) is 13.8. The van der Waals surface area contributed by atoms with Gasteiger partial charge in [-0.05, 0) is 239 Å². The molecular weight excluding hydrogens is 1180 g/mol. The van der Waals surface area contributed by atoms with E-state index in [0.717, 1.165) is 60.5 Å². The molecule has 0 spiro atoms. The standard InChI is InChI=1S/C96H102N2/c1-10-15-17-19-23-33-69(12-3)89-66-87(75-48-58-79(59-49-75)97(77-52-42-70(43-53-77)68(6)7)78-54-44-73(45-55-78)71-34-24-21-25-35-71)83-38-28-30-40-85(83)93(89)94-86-41-31-29-39-84(86)88(67-92(94)96(13-4,14-5)64-32-20-18-16-11-2)76-50-60-81(61-51-76)98(82-62-63-90-91(65-82)95(90,8)9)80-56-46-74(47-57-80)72-36-26-22-27-37-72/h21-22,24-31,34-63,65-69H,10-20,23,32-33,64H2,1-9H3. The van der Waals surface area contributed by atoms with E-state index in [1.54, 1.807) is 0 Å². The van der Waals surface area contributed by atoms with Crippen LogP contribution in [0.15, 0.2) is 261 Å². The molecule has 1 aliphatic rings. The number of rotatable bonds is 29. The second kappa shape index (κ2) is 30.3. The van der Waals surface area contributed by atoms with Gasteiger partial charge in [-0.3, -0.25) is 0 Å². The molecule has 0 aromatic heterocycles. The molecule has 2 nitrogen and oxygen atoms in total. The average molecular weight is 1280 g/mol. The highest BCUT2D eigenvalue weighted by molar-refractivity contribution is 6.15. The summed E-state index contributed by atoms with van der Waals surface area (Å²) in [5.41, 5.74) is 27.1. The van der Waals surface area contributed by atoms with Crippen molar-refractivity contribution in [1.29, 1.82) is 0 Å². The minimum atomic E-state index is -0.0650. The van der Waals surface area contributed by atoms with Crippen molar-refractivity contribution in [3.05, 3.63) is 289 Å². The van der Waals surface area contributed by atoms with E-state index in [-0.39, 0.29) is 10.8 Å². The largest absolute Gasteiger partial charge is 0.311 e. The molecule has 12 aromatic carbocycles. The topological polar surface area (TPSA) is 6.48 Å². The van der Waals surface area contributed by atoms with Crippen LogP contribution in [0.5, 0.6) is 0 Å². The number of hydrogen-bond acceptors (Lipinski definition) is 2. The monoisotopic (exact) mass is 1280 g/mol. The van der Waals surface area contributed by atoms with Crippen molar-refractivity contribution < 1.29 is 0 Å². The summed E-state index contributed by atoms with van der Waals surface area (Å²) >= 11 is 0. The number of hydrogen-bond donors (Lipinski definition) is 0. The Bertz CT molecular complexity index is 4610. The van der Waals surface area contributed by atoms with Crippen LogP contribution >= 0.6 is 0 Å². The van der Waals surface area contributed by atoms with Gasteiger partial charge >= 0.3 is 0 Å². The van der Waals surface area contributed by atoms with E-state index < -0.39 is 0 Å². The van der Waals surface area contributed by atoms with Gasteiger partial charge in [-0.2, -0.15) is 0 Å². The maximum Gasteiger partial charge on any atom is 0.0464 e. The maximum absolute atomic E-state index is 2.72. The van der Waals surface area contributed by atoms with Gasteiger partial charge in [0.15, 0.2) is 0 Å². The highest BCUT2D eigenvalue weighted by atomic mass is 15.1. The molecular formula is C96H102N2. The van der Waals surface area contributed by atoms with Crippen molar-refractivity contribution in [1.82, 2.24) is 0 Å². The molecule has 0 aliphatic heterocycles. The Balaban J connectivity index is 0.979. The molecule has 0 saturated heterocycles. The first kappa shape index (κ1) is 67.3. The molecule has 0 saturated carbocycles. The van der Waals surface area contributed by atoms with E-state index in [2.05, 4.69) is 333 Å². The lowest BCUT2D eigenvalue weighted by Gasteiger charge is -2.37. The Hall–Kier alpha value is -9.24. The fraction of sp³-hybridized carbons (Fsp3) is 0.292. The Kier molecular flexibility index (Phi) is 20.8. The summed E-state index contributed by atoms with van der Waals surface area (Å²) in [7, 11) is 0. The Labute approximate surface area is 587 Å². The zero-order valence-electron chi connectivity index (χ0n) is 60.0. The summed E-state index contributed by atoms with van der Waals surface area (Å²) in [6.07, 6.45) is 18.2. The van der Waals surface area contributed by atoms with Gasteiger partial charge in [0.1, 0.15) is 0 Å². The van der Waals surface area contributed by atoms with E-state index in [1.807, 2.05) is 0 Å². The molecule has 0 bridgehead atoms. The van der Waals surface area contributed by atoms with Crippen molar-refractivity contribution in [2.45, 2.75) is 181 Å². The summed E-state index contributed by atoms with van der Waals surface area (Å²) in [5.74, 6) is 0.813. The number of unbranched alkanes of at least 4 members (excludes halogenated alkanes) is 8. The van der Waals surface area contributed by atoms with Crippen LogP contribution in [0.4, 0.5) is 34.1 Å². The highest BCUT2D eigenvalue weighted by Gasteiger charge is 2.42. The Morgan fingerprint density at radius 2 is 0.745 bits per heavy atom. The fourth-order valence-corrected chi connectivity index (χ4v) is 16.2. The van der Waals surface area contributed by atoms with Crippen LogP contribution in [0.3, 0.4) is 0 Å². The zero-order valence-corrected chi connectivity index (χ0v) is 60.0. The van der Waals surface area contributed by atoms with Crippen LogP contribution in [-0.4, -0.2) is 0 Å². The molecule has 0 radical (unpaired) electrons. The lowest BCUT2D eigenvalue weighted by Crippen LogP contribution is -2.26. The molecule has 0 N–H and O–H groups in total. The van der Waals surface area contributed by atoms with Gasteiger partial charge in [0.05, 0.1) is 0 Å². The predicted octanol–water partition coefficient (Wildman–Crippen LogP) is 29.3. The first-order valence-corrected chi connectivity index (χ1v) is 37.5. The normalized spacial score (nSPS) is 12.9. The van der Waals surface area contributed by atoms with Gasteiger partial charge in [-0.1, -0.05) is 302 Å². The van der Waals surface area contributed by atoms with Gasteiger partial charge in [-0.25, -0.2) is 0 Å². The molecule has 1 atom stereocenters. The molecule has 1 unspecified atom stereocenters. The van der Waals surface area contributed by atoms with Crippen molar-refractivity contribution in [3.63, 3.8) is 0 Å². The molecule has 0 amide bonds. The lowest BCUT2D eigenvalue weighted by atomic mass is 9.67. The number of nitrogens with zero attached hydrogens (tertiary/aromatic N) is 2. The van der Waals surface area contributed by atoms with Crippen LogP contribution in [0.2, 0.25) is 0 Å². The Morgan fingerprint density at radius 3 is 1.20 bits per heavy atom. The molecule has 13 rings (SSSR count). The van der Waals surface area contributed by atoms with Gasteiger partial charge < -0.3 is 9.80 Å². The number of benzene rings is 12. The van der Waals surface area contributed by atoms with E-state index in [0.29, 0.717) is 11.8 Å². The highest BCUT2D eigenvalue weighted by Crippen LogP contribution is 2.55. The van der Waals surface area contributed by atoms with E-state index in [9.17, 15) is 0 Å². The molecule has 496 valence electrons. The summed E-state index contributed by atoms with van der Waals surface area (Å²) in [6.45, 7) is 21.4. The quantitative estimate of drug-likeness (QED) is 0.0431. The van der Waals surface area contributed by atoms with E-state index in [4.69, 9.17) is 0 Å². The first-order chi connectivity index (χ1) is 48.0. The molecule has 98 heavy (non-hydrogen) atoms. The minimum Gasteiger partial charge on any atom is -0.311 e. The van der Waals surface area contributed by atoms with Crippen molar-refractivity contribution in [3.8, 4) is 55.6 Å². The summed E-state index contributed by atoms with van der Waals surface area (Å²) in [6, 6.07) is 99.6. The smallest absolute Gasteiger partial charge is 0.0464 e. The second-order valence-electron chi connectivity index (χ2n) is 29.0. The zero-order chi connectivity index (χ0) is 67.8. The first-order valence-electron chi connectivity index (χ1n) is 37.5. The summed E-state index contributed by atoms with van der Waals surface area (Å²) in [4.78, 5) is 4.89. The van der Waals surface area contributed by atoms with Gasteiger partial charge in [0, 0.05) is 39.5 Å². The van der Waals surface area contributed by atoms with Gasteiger partial charge in [0.2, 0.25) is 0 Å². The molecule has 0 fully saturated rings. The predicted molar refractivity (Wildman–Crippen MR) is 426 cm³/mol. The third-order valence-corrected chi connectivity index (χ3v) is 22.3. The summed E-state index contributed by atoms with van der Waals surface area (Å²) in [5, 5.41) is 5.33. The fourth-order valence-electron chi connectivity index (χ4n) is 16.2. The molecule has 2 heteroatoms. The number of anilines is 6. The van der Waals surface area contributed by atoms with Gasteiger partial charge in [-0.15, -0.1) is 0 Å². The SMILES string of the molecule is CCCCCCCC(CC)c1cc(-c2ccc(N(c3ccc(-c4ccccc4)cc3)c3ccc(C(C)C)cc3)cc2)c2ccccc2c1-c1c(C(CC)(CC)CCCCCCC)cc(-c2ccc(N(c3ccc(-c4ccccc4)cc3)c3ccc4c(c3)C4(C)C)cc2)c2ccccc12. The number of fused-ring (bicyclic) bond motifs is 3. The van der Waals surface area contributed by atoms with Crippen molar-refractivity contribution >= 4 is 55.7 Å². The van der Waals surface area contributed by atoms with Crippen LogP contribution in [0, 0.1) is 0 Å². The van der Waals surface area contributed by atoms with Crippen LogP contribution in [0.25, 0.3) is 77.2 Å². The van der Waals surface area contributed by atoms with E-state index in [1.165, 1.54) is 175 Å². The van der Waals surface area contributed by atoms with E-state index >= 15 is 0 Å². The third-order valence-electron chi connectivity index (χ3n) is 22.3. The molecule has 0 heterocycles. The van der Waals surface area contributed by atoms with Gasteiger partial charge in [0.25, 0.3) is 0 Å². The van der Waals surface area contributed by atoms with Crippen molar-refractivity contribution in [2.24, 2.45) is 0 Å². The second-order valence-corrected chi connectivity index (χ2v) is 29.0. The van der Waals surface area contributed by atoms with Crippen LogP contribution in [-0.2, 0) is 10.8 Å². The minimum absolute atomic E-state index is 0.0650. The van der Waals surface area contributed by atoms with Crippen molar-refractivity contribution in [2.75, 3.05) is 9.80 Å². The Morgan fingerprint density at radius 1 is 0.347 bits per heavy atom. The average Bonchev–Trinajstić information content (AvgIpc) is 1.20.